The molecule has 0 aliphatic heterocycles. The third-order valence-corrected chi connectivity index (χ3v) is 4.54. The van der Waals surface area contributed by atoms with E-state index in [2.05, 4.69) is 10.9 Å². The zero-order chi connectivity index (χ0) is 21.5. The number of hydrogen-bond acceptors (Lipinski definition) is 4. The summed E-state index contributed by atoms with van der Waals surface area (Å²) in [5, 5.41) is 0.582. The lowest BCUT2D eigenvalue weighted by Crippen LogP contribution is -2.41. The van der Waals surface area contributed by atoms with E-state index in [0.29, 0.717) is 16.5 Å². The molecule has 0 unspecified atom stereocenters. The van der Waals surface area contributed by atoms with Crippen molar-refractivity contribution in [1.29, 1.82) is 0 Å². The van der Waals surface area contributed by atoms with Crippen LogP contribution in [-0.2, 0) is 6.61 Å². The standard InChI is InChI=1S/C22H18ClFN2O4/c1-29-20-12-14(10-11-19(20)30-13-15-6-2-4-8-17(15)23)21(27)25-26-22(28)16-7-3-5-9-18(16)24/h2-12H,13H2,1H3,(H,25,27)(H,26,28). The molecule has 0 fully saturated rings. The van der Waals surface area contributed by atoms with Gasteiger partial charge in [0.05, 0.1) is 12.7 Å². The minimum Gasteiger partial charge on any atom is -0.493 e. The maximum atomic E-state index is 13.6. The summed E-state index contributed by atoms with van der Waals surface area (Å²) in [6.07, 6.45) is 0. The molecule has 2 amide bonds. The predicted molar refractivity (Wildman–Crippen MR) is 110 cm³/mol. The van der Waals surface area contributed by atoms with E-state index in [1.165, 1.54) is 37.4 Å². The molecule has 2 N–H and O–H groups in total. The molecule has 0 bridgehead atoms. The van der Waals surface area contributed by atoms with Gasteiger partial charge >= 0.3 is 0 Å². The van der Waals surface area contributed by atoms with Gasteiger partial charge in [0.15, 0.2) is 11.5 Å². The fourth-order valence-corrected chi connectivity index (χ4v) is 2.79. The number of hydrazine groups is 1. The molecule has 8 heteroatoms. The number of halogens is 2. The van der Waals surface area contributed by atoms with Crippen molar-refractivity contribution in [1.82, 2.24) is 10.9 Å². The summed E-state index contributed by atoms with van der Waals surface area (Å²) in [6.45, 7) is 0.222. The largest absolute Gasteiger partial charge is 0.493 e. The van der Waals surface area contributed by atoms with Crippen LogP contribution in [0.1, 0.15) is 26.3 Å². The first-order valence-electron chi connectivity index (χ1n) is 8.89. The zero-order valence-electron chi connectivity index (χ0n) is 15.9. The van der Waals surface area contributed by atoms with Gasteiger partial charge in [0, 0.05) is 16.1 Å². The lowest BCUT2D eigenvalue weighted by Gasteiger charge is -2.13. The molecule has 154 valence electrons. The second-order valence-electron chi connectivity index (χ2n) is 6.13. The van der Waals surface area contributed by atoms with Crippen LogP contribution >= 0.6 is 11.6 Å². The van der Waals surface area contributed by atoms with Crippen molar-refractivity contribution in [3.63, 3.8) is 0 Å². The second kappa shape index (κ2) is 9.76. The van der Waals surface area contributed by atoms with Gasteiger partial charge in [-0.3, -0.25) is 20.4 Å². The number of methoxy groups -OCH3 is 1. The number of rotatable bonds is 6. The first-order valence-corrected chi connectivity index (χ1v) is 9.27. The van der Waals surface area contributed by atoms with Gasteiger partial charge in [0.1, 0.15) is 12.4 Å². The molecule has 3 rings (SSSR count). The molecule has 0 aromatic heterocycles. The number of carbonyl (C=O) groups excluding carboxylic acids is 2. The highest BCUT2D eigenvalue weighted by molar-refractivity contribution is 6.31. The molecular weight excluding hydrogens is 411 g/mol. The summed E-state index contributed by atoms with van der Waals surface area (Å²) in [4.78, 5) is 24.3. The Kier molecular flexibility index (Phi) is 6.87. The molecule has 3 aromatic carbocycles. The van der Waals surface area contributed by atoms with Crippen molar-refractivity contribution >= 4 is 23.4 Å². The molecule has 0 aliphatic rings. The van der Waals surface area contributed by atoms with Gasteiger partial charge in [-0.15, -0.1) is 0 Å². The maximum Gasteiger partial charge on any atom is 0.272 e. The van der Waals surface area contributed by atoms with Crippen LogP contribution < -0.4 is 20.3 Å². The Morgan fingerprint density at radius 3 is 2.37 bits per heavy atom. The van der Waals surface area contributed by atoms with Crippen molar-refractivity contribution in [3.05, 3.63) is 94.3 Å². The van der Waals surface area contributed by atoms with Gasteiger partial charge in [0.25, 0.3) is 11.8 Å². The summed E-state index contributed by atoms with van der Waals surface area (Å²) in [5.41, 5.74) is 5.26. The number of amides is 2. The Labute approximate surface area is 177 Å². The molecule has 0 spiro atoms. The van der Waals surface area contributed by atoms with Crippen LogP contribution in [0.5, 0.6) is 11.5 Å². The third kappa shape index (κ3) is 5.07. The molecule has 0 atom stereocenters. The second-order valence-corrected chi connectivity index (χ2v) is 6.54. The fraction of sp³-hybridized carbons (Fsp3) is 0.0909. The summed E-state index contributed by atoms with van der Waals surface area (Å²) in [6, 6.07) is 17.3. The Balaban J connectivity index is 1.65. The van der Waals surface area contributed by atoms with Crippen LogP contribution in [0.3, 0.4) is 0 Å². The third-order valence-electron chi connectivity index (χ3n) is 4.17. The monoisotopic (exact) mass is 428 g/mol. The molecule has 0 saturated carbocycles. The summed E-state index contributed by atoms with van der Waals surface area (Å²) < 4.78 is 24.7. The minimum atomic E-state index is -0.770. The van der Waals surface area contributed by atoms with E-state index in [4.69, 9.17) is 21.1 Å². The highest BCUT2D eigenvalue weighted by Gasteiger charge is 2.15. The van der Waals surface area contributed by atoms with E-state index in [-0.39, 0.29) is 17.7 Å². The van der Waals surface area contributed by atoms with E-state index in [9.17, 15) is 14.0 Å². The molecule has 0 aliphatic carbocycles. The number of ether oxygens (including phenoxy) is 2. The van der Waals surface area contributed by atoms with Crippen LogP contribution in [0.25, 0.3) is 0 Å². The Morgan fingerprint density at radius 1 is 0.933 bits per heavy atom. The molecule has 0 heterocycles. The van der Waals surface area contributed by atoms with Crippen LogP contribution in [0.2, 0.25) is 5.02 Å². The molecule has 0 radical (unpaired) electrons. The van der Waals surface area contributed by atoms with Gasteiger partial charge in [-0.1, -0.05) is 41.9 Å². The Bertz CT molecular complexity index is 1070. The summed E-state index contributed by atoms with van der Waals surface area (Å²) in [5.74, 6) is -1.31. The van der Waals surface area contributed by atoms with Gasteiger partial charge in [-0.05, 0) is 36.4 Å². The van der Waals surface area contributed by atoms with E-state index in [0.717, 1.165) is 11.6 Å². The van der Waals surface area contributed by atoms with E-state index in [1.54, 1.807) is 12.1 Å². The number of benzene rings is 3. The summed E-state index contributed by atoms with van der Waals surface area (Å²) >= 11 is 6.12. The molecule has 6 nitrogen and oxygen atoms in total. The molecule has 3 aromatic rings. The van der Waals surface area contributed by atoms with Gasteiger partial charge in [-0.25, -0.2) is 4.39 Å². The smallest absolute Gasteiger partial charge is 0.272 e. The van der Waals surface area contributed by atoms with Gasteiger partial charge < -0.3 is 9.47 Å². The summed E-state index contributed by atoms with van der Waals surface area (Å²) in [7, 11) is 1.44. The zero-order valence-corrected chi connectivity index (χ0v) is 16.7. The highest BCUT2D eigenvalue weighted by Crippen LogP contribution is 2.29. The van der Waals surface area contributed by atoms with Crippen LogP contribution in [0.4, 0.5) is 4.39 Å². The quantitative estimate of drug-likeness (QED) is 0.578. The average Bonchev–Trinajstić information content (AvgIpc) is 2.77. The van der Waals surface area contributed by atoms with Crippen molar-refractivity contribution in [2.24, 2.45) is 0 Å². The first-order chi connectivity index (χ1) is 14.5. The van der Waals surface area contributed by atoms with E-state index in [1.807, 2.05) is 18.2 Å². The molecular formula is C22H18ClFN2O4. The molecule has 0 saturated heterocycles. The van der Waals surface area contributed by atoms with Crippen molar-refractivity contribution in [2.45, 2.75) is 6.61 Å². The number of carbonyl (C=O) groups is 2. The van der Waals surface area contributed by atoms with Crippen molar-refractivity contribution < 1.29 is 23.5 Å². The fourth-order valence-electron chi connectivity index (χ4n) is 2.60. The number of nitrogens with one attached hydrogen (secondary N) is 2. The van der Waals surface area contributed by atoms with Gasteiger partial charge in [0.2, 0.25) is 0 Å². The van der Waals surface area contributed by atoms with Crippen LogP contribution in [-0.4, -0.2) is 18.9 Å². The average molecular weight is 429 g/mol. The highest BCUT2D eigenvalue weighted by atomic mass is 35.5. The lowest BCUT2D eigenvalue weighted by molar-refractivity contribution is 0.0844. The van der Waals surface area contributed by atoms with E-state index >= 15 is 0 Å². The SMILES string of the molecule is COc1cc(C(=O)NNC(=O)c2ccccc2F)ccc1OCc1ccccc1Cl. The van der Waals surface area contributed by atoms with Crippen LogP contribution in [0.15, 0.2) is 66.7 Å². The Hall–Kier alpha value is -3.58. The maximum absolute atomic E-state index is 13.6. The van der Waals surface area contributed by atoms with Crippen LogP contribution in [0, 0.1) is 5.82 Å². The molecule has 30 heavy (non-hydrogen) atoms. The predicted octanol–water partition coefficient (Wildman–Crippen LogP) is 4.14. The Morgan fingerprint density at radius 2 is 1.63 bits per heavy atom. The van der Waals surface area contributed by atoms with Crippen molar-refractivity contribution in [2.75, 3.05) is 7.11 Å². The topological polar surface area (TPSA) is 76.7 Å². The number of hydrogen-bond donors (Lipinski definition) is 2. The normalized spacial score (nSPS) is 10.2. The van der Waals surface area contributed by atoms with Gasteiger partial charge in [-0.2, -0.15) is 0 Å². The van der Waals surface area contributed by atoms with Crippen molar-refractivity contribution in [3.8, 4) is 11.5 Å². The first kappa shape index (κ1) is 21.1. The lowest BCUT2D eigenvalue weighted by atomic mass is 10.2. The van der Waals surface area contributed by atoms with E-state index < -0.39 is 17.6 Å². The minimum absolute atomic E-state index is 0.182.